The summed E-state index contributed by atoms with van der Waals surface area (Å²) >= 11 is 0. The van der Waals surface area contributed by atoms with Crippen LogP contribution in [0.15, 0.2) is 65.6 Å². The third kappa shape index (κ3) is 6.15. The molecular weight excluding hydrogens is 643 g/mol. The molecule has 2 aromatic heterocycles. The molecule has 0 spiro atoms. The molecule has 1 amide bonds. The molecule has 0 radical (unpaired) electrons. The minimum absolute atomic E-state index is 0.0727. The highest BCUT2D eigenvalue weighted by Crippen LogP contribution is 2.39. The van der Waals surface area contributed by atoms with Gasteiger partial charge in [0.05, 0.1) is 44.3 Å². The number of halogens is 5. The summed E-state index contributed by atoms with van der Waals surface area (Å²) in [5.41, 5.74) is -3.73. The van der Waals surface area contributed by atoms with E-state index < -0.39 is 46.3 Å². The lowest BCUT2D eigenvalue weighted by Gasteiger charge is -2.19. The molecule has 0 aliphatic carbocycles. The van der Waals surface area contributed by atoms with Crippen molar-refractivity contribution in [1.29, 1.82) is 5.26 Å². The molecule has 0 saturated carbocycles. The van der Waals surface area contributed by atoms with Crippen LogP contribution in [-0.2, 0) is 6.18 Å². The van der Waals surface area contributed by atoms with Crippen molar-refractivity contribution in [2.45, 2.75) is 13.1 Å². The Bertz CT molecular complexity index is 2190. The topological polar surface area (TPSA) is 125 Å². The molecule has 246 valence electrons. The first-order valence-corrected chi connectivity index (χ1v) is 13.7. The molecule has 15 heteroatoms. The predicted octanol–water partition coefficient (Wildman–Crippen LogP) is 6.93. The lowest BCUT2D eigenvalue weighted by Crippen LogP contribution is -2.33. The fourth-order valence-corrected chi connectivity index (χ4v) is 4.88. The second kappa shape index (κ2) is 12.9. The monoisotopic (exact) mass is 666 g/mol. The van der Waals surface area contributed by atoms with Crippen LogP contribution < -0.4 is 29.8 Å². The number of rotatable bonds is 8. The minimum Gasteiger partial charge on any atom is -0.495 e. The summed E-state index contributed by atoms with van der Waals surface area (Å²) in [5, 5.41) is 11.9. The Morgan fingerprint density at radius 1 is 0.896 bits per heavy atom. The molecule has 0 aliphatic rings. The van der Waals surface area contributed by atoms with Crippen molar-refractivity contribution in [3.05, 3.63) is 105 Å². The summed E-state index contributed by atoms with van der Waals surface area (Å²) in [4.78, 5) is 30.6. The Labute approximate surface area is 268 Å². The molecule has 10 nitrogen and oxygen atoms in total. The quantitative estimate of drug-likeness (QED) is 0.177. The standard InChI is InChI=1S/C33H23F5N4O6/c1-16-9-26(45-2)17(14-39)10-24(16)42-29(33(36,37)38)8-6-19(32(42)44)31(43)41-18-5-7-25(21(34)11-18)48-30-20-12-27(46-3)28(47-4)13-23(20)40-15-22(30)35/h5-13,15H,1-4H3,(H,41,43). The highest BCUT2D eigenvalue weighted by Gasteiger charge is 2.36. The Morgan fingerprint density at radius 3 is 2.21 bits per heavy atom. The van der Waals surface area contributed by atoms with Crippen molar-refractivity contribution in [3.63, 3.8) is 0 Å². The number of pyridine rings is 2. The van der Waals surface area contributed by atoms with E-state index in [0.29, 0.717) is 17.9 Å². The van der Waals surface area contributed by atoms with Gasteiger partial charge in [0.25, 0.3) is 11.5 Å². The van der Waals surface area contributed by atoms with E-state index in [1.165, 1.54) is 52.5 Å². The van der Waals surface area contributed by atoms with Crippen LogP contribution in [0, 0.1) is 29.9 Å². The first-order valence-electron chi connectivity index (χ1n) is 13.7. The number of alkyl halides is 3. The van der Waals surface area contributed by atoms with Gasteiger partial charge in [-0.3, -0.25) is 19.1 Å². The average molecular weight is 667 g/mol. The van der Waals surface area contributed by atoms with Crippen LogP contribution in [0.5, 0.6) is 28.7 Å². The highest BCUT2D eigenvalue weighted by molar-refractivity contribution is 6.04. The largest absolute Gasteiger partial charge is 0.495 e. The zero-order chi connectivity index (χ0) is 34.9. The smallest absolute Gasteiger partial charge is 0.431 e. The van der Waals surface area contributed by atoms with Crippen LogP contribution >= 0.6 is 0 Å². The number of methoxy groups -OCH3 is 3. The van der Waals surface area contributed by atoms with Gasteiger partial charge in [0, 0.05) is 23.2 Å². The van der Waals surface area contributed by atoms with E-state index in [9.17, 15) is 32.4 Å². The maximum atomic E-state index is 15.2. The summed E-state index contributed by atoms with van der Waals surface area (Å²) in [6, 6.07) is 11.3. The zero-order valence-corrected chi connectivity index (χ0v) is 25.5. The van der Waals surface area contributed by atoms with Gasteiger partial charge in [0.2, 0.25) is 0 Å². The van der Waals surface area contributed by atoms with E-state index in [4.69, 9.17) is 18.9 Å². The molecule has 3 aromatic carbocycles. The maximum Gasteiger partial charge on any atom is 0.431 e. The Kier molecular flexibility index (Phi) is 8.93. The van der Waals surface area contributed by atoms with E-state index in [2.05, 4.69) is 10.3 Å². The van der Waals surface area contributed by atoms with Gasteiger partial charge in [-0.05, 0) is 55.0 Å². The van der Waals surface area contributed by atoms with E-state index in [0.717, 1.165) is 24.4 Å². The molecule has 0 saturated heterocycles. The summed E-state index contributed by atoms with van der Waals surface area (Å²) in [6.45, 7) is 1.40. The van der Waals surface area contributed by atoms with Crippen LogP contribution in [0.4, 0.5) is 27.6 Å². The van der Waals surface area contributed by atoms with Gasteiger partial charge in [-0.2, -0.15) is 18.4 Å². The number of amides is 1. The van der Waals surface area contributed by atoms with Gasteiger partial charge >= 0.3 is 6.18 Å². The first kappa shape index (κ1) is 33.2. The maximum absolute atomic E-state index is 15.2. The second-order valence-electron chi connectivity index (χ2n) is 10.1. The number of nitrogens with one attached hydrogen (secondary N) is 1. The van der Waals surface area contributed by atoms with Gasteiger partial charge in [0.1, 0.15) is 23.1 Å². The van der Waals surface area contributed by atoms with Gasteiger partial charge in [-0.15, -0.1) is 0 Å². The van der Waals surface area contributed by atoms with Crippen molar-refractivity contribution in [3.8, 4) is 40.5 Å². The molecule has 0 unspecified atom stereocenters. The predicted molar refractivity (Wildman–Crippen MR) is 162 cm³/mol. The second-order valence-corrected chi connectivity index (χ2v) is 10.1. The van der Waals surface area contributed by atoms with E-state index in [1.807, 2.05) is 0 Å². The molecule has 0 fully saturated rings. The molecule has 0 bridgehead atoms. The van der Waals surface area contributed by atoms with Crippen molar-refractivity contribution in [2.75, 3.05) is 26.6 Å². The SMILES string of the molecule is COc1cc(C)c(-n2c(C(F)(F)F)ccc(C(=O)Nc3ccc(Oc4c(F)cnc5cc(OC)c(OC)cc45)c(F)c3)c2=O)cc1C#N. The molecule has 2 heterocycles. The van der Waals surface area contributed by atoms with Crippen LogP contribution in [-0.4, -0.2) is 36.8 Å². The first-order chi connectivity index (χ1) is 22.8. The normalized spacial score (nSPS) is 11.2. The zero-order valence-electron chi connectivity index (χ0n) is 25.5. The Balaban J connectivity index is 1.49. The van der Waals surface area contributed by atoms with Crippen molar-refractivity contribution < 1.29 is 45.7 Å². The molecule has 0 atom stereocenters. The highest BCUT2D eigenvalue weighted by atomic mass is 19.4. The summed E-state index contributed by atoms with van der Waals surface area (Å²) in [7, 11) is 4.04. The molecule has 5 rings (SSSR count). The van der Waals surface area contributed by atoms with E-state index in [-0.39, 0.29) is 55.2 Å². The van der Waals surface area contributed by atoms with Gasteiger partial charge in [-0.25, -0.2) is 8.78 Å². The summed E-state index contributed by atoms with van der Waals surface area (Å²) in [5.74, 6) is -3.34. The number of aryl methyl sites for hydroxylation is 1. The third-order valence-electron chi connectivity index (χ3n) is 7.18. The Hall–Kier alpha value is -6.17. The molecule has 48 heavy (non-hydrogen) atoms. The number of anilines is 1. The van der Waals surface area contributed by atoms with Gasteiger partial charge < -0.3 is 24.3 Å². The fourth-order valence-electron chi connectivity index (χ4n) is 4.88. The number of carbonyl (C=O) groups is 1. The molecular formula is C33H23F5N4O6. The van der Waals surface area contributed by atoms with E-state index >= 15 is 4.39 Å². The van der Waals surface area contributed by atoms with Crippen molar-refractivity contribution in [2.24, 2.45) is 0 Å². The number of nitriles is 1. The number of ether oxygens (including phenoxy) is 4. The van der Waals surface area contributed by atoms with E-state index in [1.54, 1.807) is 6.07 Å². The number of carbonyl (C=O) groups excluding carboxylic acids is 1. The number of fused-ring (bicyclic) bond motifs is 1. The Morgan fingerprint density at radius 2 is 1.58 bits per heavy atom. The number of benzene rings is 3. The molecule has 5 aromatic rings. The van der Waals surface area contributed by atoms with Gasteiger partial charge in [0.15, 0.2) is 34.6 Å². The van der Waals surface area contributed by atoms with Gasteiger partial charge in [-0.1, -0.05) is 0 Å². The van der Waals surface area contributed by atoms with Crippen LogP contribution in [0.25, 0.3) is 16.6 Å². The lowest BCUT2D eigenvalue weighted by atomic mass is 10.1. The summed E-state index contributed by atoms with van der Waals surface area (Å²) in [6.07, 6.45) is -4.15. The van der Waals surface area contributed by atoms with Crippen LogP contribution in [0.2, 0.25) is 0 Å². The van der Waals surface area contributed by atoms with Crippen LogP contribution in [0.1, 0.15) is 27.2 Å². The molecule has 1 N–H and O–H groups in total. The minimum atomic E-state index is -5.02. The number of aromatic nitrogens is 2. The third-order valence-corrected chi connectivity index (χ3v) is 7.18. The average Bonchev–Trinajstić information content (AvgIpc) is 3.05. The number of hydrogen-bond acceptors (Lipinski definition) is 8. The van der Waals surface area contributed by atoms with Crippen molar-refractivity contribution in [1.82, 2.24) is 9.55 Å². The summed E-state index contributed by atoms with van der Waals surface area (Å²) < 4.78 is 93.6. The number of nitrogens with zero attached hydrogens (tertiary/aromatic N) is 3. The van der Waals surface area contributed by atoms with Crippen LogP contribution in [0.3, 0.4) is 0 Å². The lowest BCUT2D eigenvalue weighted by molar-refractivity contribution is -0.142. The molecule has 0 aliphatic heterocycles. The number of hydrogen-bond donors (Lipinski definition) is 1. The fraction of sp³-hybridized carbons (Fsp3) is 0.152. The van der Waals surface area contributed by atoms with Crippen molar-refractivity contribution >= 4 is 22.5 Å².